The summed E-state index contributed by atoms with van der Waals surface area (Å²) in [6, 6.07) is 4.38. The fourth-order valence-electron chi connectivity index (χ4n) is 1.40. The van der Waals surface area contributed by atoms with Crippen molar-refractivity contribution in [1.82, 2.24) is 5.32 Å². The van der Waals surface area contributed by atoms with Gasteiger partial charge in [0.25, 0.3) is 0 Å². The molecule has 0 aliphatic carbocycles. The van der Waals surface area contributed by atoms with Crippen LogP contribution in [0.1, 0.15) is 18.4 Å². The number of carbonyl (C=O) groups is 1. The summed E-state index contributed by atoms with van der Waals surface area (Å²) in [5.74, 6) is -0.266. The van der Waals surface area contributed by atoms with E-state index in [1.807, 2.05) is 0 Å². The Bertz CT molecular complexity index is 452. The van der Waals surface area contributed by atoms with Gasteiger partial charge in [-0.3, -0.25) is 4.79 Å². The summed E-state index contributed by atoms with van der Waals surface area (Å²) in [7, 11) is 1.57. The average Bonchev–Trinajstić information content (AvgIpc) is 2.33. The molecule has 1 aromatic rings. The van der Waals surface area contributed by atoms with Crippen molar-refractivity contribution in [2.75, 3.05) is 13.7 Å². The summed E-state index contributed by atoms with van der Waals surface area (Å²) in [6.07, 6.45) is 0.890. The van der Waals surface area contributed by atoms with E-state index in [2.05, 4.69) is 5.32 Å². The van der Waals surface area contributed by atoms with Gasteiger partial charge in [0.05, 0.1) is 12.2 Å². The van der Waals surface area contributed by atoms with E-state index in [1.54, 1.807) is 13.1 Å². The van der Waals surface area contributed by atoms with Crippen LogP contribution in [-0.2, 0) is 4.79 Å². The third kappa shape index (κ3) is 3.96. The smallest absolute Gasteiger partial charge is 0.219 e. The largest absolute Gasteiger partial charge is 0.493 e. The Morgan fingerprint density at radius 3 is 2.89 bits per heavy atom. The first-order chi connectivity index (χ1) is 8.56. The highest BCUT2D eigenvalue weighted by molar-refractivity contribution is 7.80. The van der Waals surface area contributed by atoms with Crippen LogP contribution in [0.2, 0.25) is 0 Å². The summed E-state index contributed by atoms with van der Waals surface area (Å²) < 4.78 is 18.9. The number of nitrogens with one attached hydrogen (secondary N) is 1. The van der Waals surface area contributed by atoms with Crippen molar-refractivity contribution in [3.8, 4) is 5.75 Å². The molecule has 4 nitrogen and oxygen atoms in total. The van der Waals surface area contributed by atoms with Crippen LogP contribution >= 0.6 is 12.2 Å². The van der Waals surface area contributed by atoms with Gasteiger partial charge in [0, 0.05) is 13.5 Å². The molecule has 0 bridgehead atoms. The number of hydrogen-bond acceptors (Lipinski definition) is 3. The van der Waals surface area contributed by atoms with E-state index < -0.39 is 5.82 Å². The Morgan fingerprint density at radius 1 is 1.56 bits per heavy atom. The normalized spacial score (nSPS) is 9.89. The summed E-state index contributed by atoms with van der Waals surface area (Å²) >= 11 is 4.77. The molecule has 98 valence electrons. The minimum atomic E-state index is -0.508. The second-order valence-electron chi connectivity index (χ2n) is 3.60. The summed E-state index contributed by atoms with van der Waals surface area (Å²) in [6.45, 7) is 0.298. The fraction of sp³-hybridized carbons (Fsp3) is 0.333. The van der Waals surface area contributed by atoms with Crippen molar-refractivity contribution >= 4 is 23.1 Å². The van der Waals surface area contributed by atoms with Gasteiger partial charge in [-0.25, -0.2) is 4.39 Å². The summed E-state index contributed by atoms with van der Waals surface area (Å²) in [5, 5.41) is 2.51. The van der Waals surface area contributed by atoms with Gasteiger partial charge in [-0.1, -0.05) is 18.3 Å². The molecule has 18 heavy (non-hydrogen) atoms. The Balaban J connectivity index is 2.60. The molecule has 0 heterocycles. The summed E-state index contributed by atoms with van der Waals surface area (Å²) in [5.41, 5.74) is 5.54. The van der Waals surface area contributed by atoms with Crippen molar-refractivity contribution in [1.29, 1.82) is 0 Å². The van der Waals surface area contributed by atoms with Crippen molar-refractivity contribution in [2.24, 2.45) is 5.73 Å². The van der Waals surface area contributed by atoms with Crippen molar-refractivity contribution in [2.45, 2.75) is 12.8 Å². The second kappa shape index (κ2) is 6.90. The van der Waals surface area contributed by atoms with Gasteiger partial charge < -0.3 is 15.8 Å². The molecule has 0 aromatic heterocycles. The quantitative estimate of drug-likeness (QED) is 0.605. The Hall–Kier alpha value is -1.69. The van der Waals surface area contributed by atoms with Crippen LogP contribution in [0.4, 0.5) is 4.39 Å². The molecule has 0 radical (unpaired) electrons. The second-order valence-corrected chi connectivity index (χ2v) is 4.04. The number of thiocarbonyl (C=S) groups is 1. The first-order valence-electron chi connectivity index (χ1n) is 5.48. The zero-order valence-corrected chi connectivity index (χ0v) is 10.8. The van der Waals surface area contributed by atoms with Crippen molar-refractivity contribution < 1.29 is 13.9 Å². The molecule has 0 spiro atoms. The minimum absolute atomic E-state index is 0.0469. The van der Waals surface area contributed by atoms with Gasteiger partial charge in [0.1, 0.15) is 16.6 Å². The number of benzene rings is 1. The van der Waals surface area contributed by atoms with Crippen molar-refractivity contribution in [3.05, 3.63) is 29.6 Å². The van der Waals surface area contributed by atoms with E-state index >= 15 is 0 Å². The first kappa shape index (κ1) is 14.4. The maximum atomic E-state index is 13.5. The lowest BCUT2D eigenvalue weighted by atomic mass is 10.2. The molecule has 6 heteroatoms. The molecule has 1 rings (SSSR count). The Morgan fingerprint density at radius 2 is 2.28 bits per heavy atom. The predicted octanol–water partition coefficient (Wildman–Crippen LogP) is 1.36. The van der Waals surface area contributed by atoms with E-state index in [0.717, 1.165) is 0 Å². The van der Waals surface area contributed by atoms with E-state index in [4.69, 9.17) is 22.7 Å². The number of ether oxygens (including phenoxy) is 1. The standard InChI is InChI=1S/C12H15FN2O2S/c1-15-10(16)6-3-7-17-9-5-2-4-8(13)11(9)12(14)18/h2,4-5H,3,6-7H2,1H3,(H2,14,18)(H,15,16). The van der Waals surface area contributed by atoms with Crippen LogP contribution in [0.25, 0.3) is 0 Å². The van der Waals surface area contributed by atoms with Gasteiger partial charge in [0.2, 0.25) is 5.91 Å². The van der Waals surface area contributed by atoms with Gasteiger partial charge in [-0.15, -0.1) is 0 Å². The van der Waals surface area contributed by atoms with E-state index in [-0.39, 0.29) is 16.5 Å². The third-order valence-electron chi connectivity index (χ3n) is 2.31. The number of carbonyl (C=O) groups excluding carboxylic acids is 1. The zero-order valence-electron chi connectivity index (χ0n) is 10.0. The van der Waals surface area contributed by atoms with Crippen molar-refractivity contribution in [3.63, 3.8) is 0 Å². The average molecular weight is 270 g/mol. The molecule has 0 aliphatic rings. The van der Waals surface area contributed by atoms with Gasteiger partial charge >= 0.3 is 0 Å². The number of rotatable bonds is 6. The van der Waals surface area contributed by atoms with E-state index in [1.165, 1.54) is 12.1 Å². The maximum Gasteiger partial charge on any atom is 0.219 e. The third-order valence-corrected chi connectivity index (χ3v) is 2.51. The molecular weight excluding hydrogens is 255 g/mol. The molecule has 0 saturated heterocycles. The van der Waals surface area contributed by atoms with Gasteiger partial charge in [-0.05, 0) is 18.6 Å². The number of halogens is 1. The van der Waals surface area contributed by atoms with Gasteiger partial charge in [0.15, 0.2) is 0 Å². The van der Waals surface area contributed by atoms with Gasteiger partial charge in [-0.2, -0.15) is 0 Å². The lowest BCUT2D eigenvalue weighted by molar-refractivity contribution is -0.120. The van der Waals surface area contributed by atoms with Crippen LogP contribution in [-0.4, -0.2) is 24.6 Å². The van der Waals surface area contributed by atoms with Crippen LogP contribution in [0, 0.1) is 5.82 Å². The number of amides is 1. The molecule has 1 aromatic carbocycles. The van der Waals surface area contributed by atoms with E-state index in [0.29, 0.717) is 25.2 Å². The van der Waals surface area contributed by atoms with Crippen LogP contribution < -0.4 is 15.8 Å². The highest BCUT2D eigenvalue weighted by Gasteiger charge is 2.12. The molecule has 0 saturated carbocycles. The van der Waals surface area contributed by atoms with Crippen LogP contribution in [0.3, 0.4) is 0 Å². The molecule has 0 atom stereocenters. The predicted molar refractivity (Wildman–Crippen MR) is 71.1 cm³/mol. The maximum absolute atomic E-state index is 13.5. The molecular formula is C12H15FN2O2S. The highest BCUT2D eigenvalue weighted by Crippen LogP contribution is 2.21. The molecule has 0 aliphatic heterocycles. The summed E-state index contributed by atoms with van der Waals surface area (Å²) in [4.78, 5) is 10.9. The first-order valence-corrected chi connectivity index (χ1v) is 5.88. The molecule has 0 fully saturated rings. The molecule has 1 amide bonds. The molecule has 3 N–H and O–H groups in total. The fourth-order valence-corrected chi connectivity index (χ4v) is 1.60. The van der Waals surface area contributed by atoms with Crippen LogP contribution in [0.5, 0.6) is 5.75 Å². The number of hydrogen-bond donors (Lipinski definition) is 2. The lowest BCUT2D eigenvalue weighted by Crippen LogP contribution is -2.18. The Kier molecular flexibility index (Phi) is 5.51. The highest BCUT2D eigenvalue weighted by atomic mass is 32.1. The minimum Gasteiger partial charge on any atom is -0.493 e. The Labute approximate surface area is 110 Å². The monoisotopic (exact) mass is 270 g/mol. The lowest BCUT2D eigenvalue weighted by Gasteiger charge is -2.11. The van der Waals surface area contributed by atoms with E-state index in [9.17, 15) is 9.18 Å². The topological polar surface area (TPSA) is 64.3 Å². The van der Waals surface area contributed by atoms with Crippen LogP contribution in [0.15, 0.2) is 18.2 Å². The SMILES string of the molecule is CNC(=O)CCCOc1cccc(F)c1C(N)=S. The number of nitrogens with two attached hydrogens (primary N) is 1. The zero-order chi connectivity index (χ0) is 13.5. The molecule has 0 unspecified atom stereocenters.